The molecule has 0 unspecified atom stereocenters. The fraction of sp³-hybridized carbons (Fsp3) is 0.474. The standard InChI is InChI=1S/C19H20N6O2/c20-5-3-17(26)25-10-12-7-13(25)9-24(12)15-8-16(23-19(27)11-1-2-11)22-18-14(15)4-6-21-18/h4,6,8,11-13H,1-3,7,9-10H2,(H2,21,22,23,27)/t12-,13-/m1/s1. The summed E-state index contributed by atoms with van der Waals surface area (Å²) in [5.74, 6) is 0.647. The van der Waals surface area contributed by atoms with E-state index in [-0.39, 0.29) is 36.2 Å². The summed E-state index contributed by atoms with van der Waals surface area (Å²) in [7, 11) is 0. The summed E-state index contributed by atoms with van der Waals surface area (Å²) >= 11 is 0. The Morgan fingerprint density at radius 3 is 2.89 bits per heavy atom. The third-order valence-corrected chi connectivity index (χ3v) is 5.81. The van der Waals surface area contributed by atoms with Crippen LogP contribution in [0, 0.1) is 17.2 Å². The van der Waals surface area contributed by atoms with Crippen LogP contribution in [0.1, 0.15) is 25.7 Å². The largest absolute Gasteiger partial charge is 0.364 e. The fourth-order valence-electron chi connectivity index (χ4n) is 4.33. The smallest absolute Gasteiger partial charge is 0.237 e. The molecule has 2 aromatic heterocycles. The number of nitrogens with zero attached hydrogens (tertiary/aromatic N) is 4. The summed E-state index contributed by atoms with van der Waals surface area (Å²) in [4.78, 5) is 36.1. The van der Waals surface area contributed by atoms with Crippen LogP contribution in [-0.2, 0) is 9.59 Å². The SMILES string of the molecule is N#CCC(=O)N1C[C@H]2C[C@@H]1CN2c1cc(NC(=O)C2CC2)nc2[nH]ccc12. The van der Waals surface area contributed by atoms with Crippen LogP contribution in [0.15, 0.2) is 18.3 Å². The van der Waals surface area contributed by atoms with E-state index < -0.39 is 0 Å². The van der Waals surface area contributed by atoms with Crippen molar-refractivity contribution in [3.63, 3.8) is 0 Å². The Balaban J connectivity index is 1.42. The van der Waals surface area contributed by atoms with Crippen LogP contribution in [0.3, 0.4) is 0 Å². The van der Waals surface area contributed by atoms with Crippen molar-refractivity contribution in [2.24, 2.45) is 5.92 Å². The van der Waals surface area contributed by atoms with E-state index in [0.717, 1.165) is 42.5 Å². The number of carbonyl (C=O) groups is 2. The van der Waals surface area contributed by atoms with Gasteiger partial charge in [0.1, 0.15) is 17.9 Å². The number of hydrogen-bond donors (Lipinski definition) is 2. The lowest BCUT2D eigenvalue weighted by atomic mass is 10.2. The normalized spacial score (nSPS) is 23.7. The second-order valence-corrected chi connectivity index (χ2v) is 7.61. The van der Waals surface area contributed by atoms with Crippen molar-refractivity contribution in [1.82, 2.24) is 14.9 Å². The van der Waals surface area contributed by atoms with Crippen LogP contribution in [0.4, 0.5) is 11.5 Å². The number of likely N-dealkylation sites (tertiary alicyclic amines) is 1. The quantitative estimate of drug-likeness (QED) is 0.858. The average molecular weight is 364 g/mol. The van der Waals surface area contributed by atoms with Gasteiger partial charge in [-0.15, -0.1) is 0 Å². The first kappa shape index (κ1) is 16.1. The molecule has 138 valence electrons. The maximum atomic E-state index is 12.1. The zero-order valence-electron chi connectivity index (χ0n) is 14.8. The topological polar surface area (TPSA) is 105 Å². The highest BCUT2D eigenvalue weighted by atomic mass is 16.2. The predicted molar refractivity (Wildman–Crippen MR) is 98.9 cm³/mol. The summed E-state index contributed by atoms with van der Waals surface area (Å²) in [6.45, 7) is 1.38. The van der Waals surface area contributed by atoms with Crippen molar-refractivity contribution in [2.45, 2.75) is 37.8 Å². The molecule has 4 heterocycles. The Morgan fingerprint density at radius 2 is 2.19 bits per heavy atom. The highest BCUT2D eigenvalue weighted by Crippen LogP contribution is 2.39. The van der Waals surface area contributed by atoms with E-state index in [1.165, 1.54) is 0 Å². The van der Waals surface area contributed by atoms with Gasteiger partial charge in [-0.2, -0.15) is 5.26 Å². The van der Waals surface area contributed by atoms with Gasteiger partial charge < -0.3 is 20.1 Å². The van der Waals surface area contributed by atoms with Crippen molar-refractivity contribution in [2.75, 3.05) is 23.3 Å². The van der Waals surface area contributed by atoms with Crippen molar-refractivity contribution >= 4 is 34.4 Å². The van der Waals surface area contributed by atoms with Crippen LogP contribution < -0.4 is 10.2 Å². The number of pyridine rings is 1. The van der Waals surface area contributed by atoms with E-state index >= 15 is 0 Å². The van der Waals surface area contributed by atoms with Crippen LogP contribution in [-0.4, -0.2) is 51.9 Å². The Morgan fingerprint density at radius 1 is 1.33 bits per heavy atom. The van der Waals surface area contributed by atoms with E-state index in [2.05, 4.69) is 20.2 Å². The van der Waals surface area contributed by atoms with Crippen LogP contribution in [0.5, 0.6) is 0 Å². The molecule has 27 heavy (non-hydrogen) atoms. The molecule has 1 aliphatic carbocycles. The molecular formula is C19H20N6O2. The number of H-pyrrole nitrogens is 1. The van der Waals surface area contributed by atoms with Gasteiger partial charge in [-0.1, -0.05) is 0 Å². The molecule has 8 nitrogen and oxygen atoms in total. The van der Waals surface area contributed by atoms with Gasteiger partial charge in [0.05, 0.1) is 17.8 Å². The molecule has 2 saturated heterocycles. The molecule has 0 spiro atoms. The molecule has 0 radical (unpaired) electrons. The maximum absolute atomic E-state index is 12.1. The maximum Gasteiger partial charge on any atom is 0.237 e. The molecule has 8 heteroatoms. The zero-order valence-corrected chi connectivity index (χ0v) is 14.8. The van der Waals surface area contributed by atoms with Gasteiger partial charge >= 0.3 is 0 Å². The number of hydrogen-bond acceptors (Lipinski definition) is 5. The average Bonchev–Trinajstić information content (AvgIpc) is 3.09. The molecular weight excluding hydrogens is 344 g/mol. The number of nitrogens with one attached hydrogen (secondary N) is 2. The van der Waals surface area contributed by atoms with Gasteiger partial charge in [0.25, 0.3) is 0 Å². The van der Waals surface area contributed by atoms with Gasteiger partial charge in [0.15, 0.2) is 0 Å². The lowest BCUT2D eigenvalue weighted by Gasteiger charge is -2.35. The van der Waals surface area contributed by atoms with E-state index in [1.807, 2.05) is 29.3 Å². The summed E-state index contributed by atoms with van der Waals surface area (Å²) in [5, 5.41) is 12.7. The molecule has 2 amide bonds. The molecule has 2 bridgehead atoms. The number of nitriles is 1. The number of amides is 2. The molecule has 1 saturated carbocycles. The van der Waals surface area contributed by atoms with E-state index in [0.29, 0.717) is 12.4 Å². The summed E-state index contributed by atoms with van der Waals surface area (Å²) in [6, 6.07) is 6.26. The minimum atomic E-state index is -0.0800. The summed E-state index contributed by atoms with van der Waals surface area (Å²) in [5.41, 5.74) is 1.78. The number of fused-ring (bicyclic) bond motifs is 3. The number of aromatic amines is 1. The number of anilines is 2. The van der Waals surface area contributed by atoms with E-state index in [4.69, 9.17) is 5.26 Å². The van der Waals surface area contributed by atoms with Crippen LogP contribution >= 0.6 is 0 Å². The first-order valence-electron chi connectivity index (χ1n) is 9.36. The third-order valence-electron chi connectivity index (χ3n) is 5.81. The highest BCUT2D eigenvalue weighted by Gasteiger charge is 2.45. The molecule has 5 rings (SSSR count). The Hall–Kier alpha value is -3.08. The second kappa shape index (κ2) is 5.98. The van der Waals surface area contributed by atoms with Crippen molar-refractivity contribution in [3.8, 4) is 6.07 Å². The van der Waals surface area contributed by atoms with Crippen LogP contribution in [0.25, 0.3) is 11.0 Å². The predicted octanol–water partition coefficient (Wildman–Crippen LogP) is 1.61. The third kappa shape index (κ3) is 2.70. The molecule has 0 aromatic carbocycles. The van der Waals surface area contributed by atoms with Crippen LogP contribution in [0.2, 0.25) is 0 Å². The molecule has 2 aliphatic heterocycles. The second-order valence-electron chi connectivity index (χ2n) is 7.61. The lowest BCUT2D eigenvalue weighted by molar-refractivity contribution is -0.131. The molecule has 3 aliphatic rings. The van der Waals surface area contributed by atoms with Crippen molar-refractivity contribution < 1.29 is 9.59 Å². The summed E-state index contributed by atoms with van der Waals surface area (Å²) < 4.78 is 0. The Kier molecular flexibility index (Phi) is 3.57. The van der Waals surface area contributed by atoms with Gasteiger partial charge in [0, 0.05) is 42.7 Å². The lowest BCUT2D eigenvalue weighted by Crippen LogP contribution is -2.48. The summed E-state index contributed by atoms with van der Waals surface area (Å²) in [6.07, 6.45) is 4.61. The minimum absolute atomic E-state index is 0.0376. The van der Waals surface area contributed by atoms with E-state index in [1.54, 1.807) is 0 Å². The number of aromatic nitrogens is 2. The first-order valence-corrected chi connectivity index (χ1v) is 9.36. The van der Waals surface area contributed by atoms with Crippen molar-refractivity contribution in [1.29, 1.82) is 5.26 Å². The van der Waals surface area contributed by atoms with Crippen molar-refractivity contribution in [3.05, 3.63) is 18.3 Å². The molecule has 2 atom stereocenters. The minimum Gasteiger partial charge on any atom is -0.364 e. The number of rotatable bonds is 4. The highest BCUT2D eigenvalue weighted by molar-refractivity contribution is 5.98. The zero-order chi connectivity index (χ0) is 18.5. The molecule has 2 aromatic rings. The fourth-order valence-corrected chi connectivity index (χ4v) is 4.33. The first-order chi connectivity index (χ1) is 13.1. The van der Waals surface area contributed by atoms with Gasteiger partial charge in [-0.05, 0) is 25.3 Å². The number of carbonyl (C=O) groups excluding carboxylic acids is 2. The molecule has 2 N–H and O–H groups in total. The monoisotopic (exact) mass is 364 g/mol. The van der Waals surface area contributed by atoms with Gasteiger partial charge in [-0.25, -0.2) is 4.98 Å². The Labute approximate surface area is 156 Å². The van der Waals surface area contributed by atoms with Gasteiger partial charge in [0.2, 0.25) is 11.8 Å². The number of piperazine rings is 1. The van der Waals surface area contributed by atoms with Gasteiger partial charge in [-0.3, -0.25) is 9.59 Å². The molecule has 3 fully saturated rings. The van der Waals surface area contributed by atoms with E-state index in [9.17, 15) is 9.59 Å². The Bertz CT molecular complexity index is 972.